The van der Waals surface area contributed by atoms with Gasteiger partial charge in [-0.3, -0.25) is 4.79 Å². The number of amides is 1. The lowest BCUT2D eigenvalue weighted by atomic mass is 9.17. The number of carbonyl (C=O) groups excluding carboxylic acids is 1. The van der Waals surface area contributed by atoms with E-state index in [0.717, 1.165) is 28.2 Å². The van der Waals surface area contributed by atoms with Gasteiger partial charge in [0.05, 0.1) is 6.61 Å². The molecule has 1 aromatic rings. The minimum atomic E-state index is -0.174. The summed E-state index contributed by atoms with van der Waals surface area (Å²) in [5, 5.41) is 14.6. The first-order valence-electron chi connectivity index (χ1n) is 12.3. The second-order valence-electron chi connectivity index (χ2n) is 10.7. The Balaban J connectivity index is 1.19. The molecule has 5 aliphatic carbocycles. The molecular weight excluding hydrogens is 466 g/mol. The summed E-state index contributed by atoms with van der Waals surface area (Å²) < 4.78 is 7.17. The molecule has 3 N–H and O–H groups in total. The second-order valence-corrected chi connectivity index (χ2v) is 11.6. The molecule has 0 saturated heterocycles. The van der Waals surface area contributed by atoms with Crippen LogP contribution in [-0.2, 0) is 9.53 Å². The molecular formula is C26H32BrN3O2. The van der Waals surface area contributed by atoms with Crippen molar-refractivity contribution in [2.45, 2.75) is 57.4 Å². The molecule has 5 fully saturated rings. The van der Waals surface area contributed by atoms with Gasteiger partial charge in [0.15, 0.2) is 0 Å². The van der Waals surface area contributed by atoms with Gasteiger partial charge < -0.3 is 20.8 Å². The molecule has 170 valence electrons. The molecule has 1 spiro atoms. The fourth-order valence-electron chi connectivity index (χ4n) is 7.89. The summed E-state index contributed by atoms with van der Waals surface area (Å²) in [6.07, 6.45) is 11.3. The highest BCUT2D eigenvalue weighted by atomic mass is 79.9. The first-order valence-corrected chi connectivity index (χ1v) is 13.1. The van der Waals surface area contributed by atoms with Gasteiger partial charge in [0, 0.05) is 22.4 Å². The summed E-state index contributed by atoms with van der Waals surface area (Å²) in [7, 11) is 0. The Morgan fingerprint density at radius 1 is 1.16 bits per heavy atom. The van der Waals surface area contributed by atoms with Crippen molar-refractivity contribution in [1.29, 1.82) is 5.41 Å². The Bertz CT molecular complexity index is 948. The highest BCUT2D eigenvalue weighted by molar-refractivity contribution is 9.10. The normalized spacial score (nSPS) is 37.1. The van der Waals surface area contributed by atoms with Gasteiger partial charge in [0.2, 0.25) is 5.88 Å². The van der Waals surface area contributed by atoms with Gasteiger partial charge in [0.1, 0.15) is 5.57 Å². The van der Waals surface area contributed by atoms with E-state index in [1.165, 1.54) is 51.4 Å². The lowest BCUT2D eigenvalue weighted by molar-refractivity contribution is -0.390. The van der Waals surface area contributed by atoms with Crippen LogP contribution in [-0.4, -0.2) is 24.8 Å². The Morgan fingerprint density at radius 2 is 1.91 bits per heavy atom. The maximum absolute atomic E-state index is 13.3. The Labute approximate surface area is 198 Å². The average Bonchev–Trinajstić information content (AvgIpc) is 2.74. The first kappa shape index (κ1) is 20.8. The van der Waals surface area contributed by atoms with Gasteiger partial charge in [-0.15, -0.1) is 0 Å². The van der Waals surface area contributed by atoms with Crippen LogP contribution in [0.5, 0.6) is 0 Å². The number of nitrogens with one attached hydrogen (secondary N) is 3. The number of hydrogen-bond donors (Lipinski definition) is 3. The number of anilines is 1. The van der Waals surface area contributed by atoms with Crippen molar-refractivity contribution in [2.75, 3.05) is 11.9 Å². The van der Waals surface area contributed by atoms with Crippen molar-refractivity contribution in [3.8, 4) is 0 Å². The van der Waals surface area contributed by atoms with Crippen molar-refractivity contribution >= 4 is 33.7 Å². The molecule has 0 aliphatic heterocycles. The summed E-state index contributed by atoms with van der Waals surface area (Å²) in [5.41, 5.74) is 1.74. The molecule has 6 heteroatoms. The lowest BCUT2D eigenvalue weighted by Crippen LogP contribution is -2.88. The predicted molar refractivity (Wildman–Crippen MR) is 128 cm³/mol. The Hall–Kier alpha value is -1.82. The predicted octanol–water partition coefficient (Wildman–Crippen LogP) is 5.48. The molecule has 6 rings (SSSR count). The van der Waals surface area contributed by atoms with Gasteiger partial charge in [-0.25, -0.2) is 0 Å². The third-order valence-corrected chi connectivity index (χ3v) is 9.91. The van der Waals surface area contributed by atoms with Crippen molar-refractivity contribution in [3.63, 3.8) is 0 Å². The molecule has 0 aromatic heterocycles. The van der Waals surface area contributed by atoms with Crippen molar-refractivity contribution in [1.82, 2.24) is 5.32 Å². The zero-order chi connectivity index (χ0) is 21.9. The van der Waals surface area contributed by atoms with Gasteiger partial charge in [0.25, 0.3) is 5.91 Å². The van der Waals surface area contributed by atoms with E-state index in [1.54, 1.807) is 0 Å². The number of ether oxygens (including phenoxy) is 1. The van der Waals surface area contributed by atoms with E-state index in [2.05, 4.69) is 26.6 Å². The fourth-order valence-corrected chi connectivity index (χ4v) is 8.29. The van der Waals surface area contributed by atoms with E-state index in [-0.39, 0.29) is 11.9 Å². The summed E-state index contributed by atoms with van der Waals surface area (Å²) in [6, 6.07) is 8.10. The van der Waals surface area contributed by atoms with Crippen LogP contribution in [0, 0.1) is 40.4 Å². The third-order valence-electron chi connectivity index (χ3n) is 9.41. The number of hydrogen-bond acceptors (Lipinski definition) is 4. The molecule has 5 nitrogen and oxygen atoms in total. The smallest absolute Gasteiger partial charge is 0.258 e. The van der Waals surface area contributed by atoms with Crippen LogP contribution >= 0.6 is 15.9 Å². The second kappa shape index (κ2) is 7.89. The van der Waals surface area contributed by atoms with Gasteiger partial charge in [-0.05, 0) is 85.3 Å². The molecule has 4 unspecified atom stereocenters. The maximum Gasteiger partial charge on any atom is 0.258 e. The van der Waals surface area contributed by atoms with Crippen LogP contribution in [0.4, 0.5) is 5.69 Å². The minimum absolute atomic E-state index is 0.174. The SMILES string of the molecule is N=C/C(C(=O)NC1C2CC3CC4CC1C342)=C(\Nc1cccc(Br)c1)OCC1CCCCC1. The summed E-state index contributed by atoms with van der Waals surface area (Å²) in [4.78, 5) is 13.3. The molecule has 32 heavy (non-hydrogen) atoms. The molecule has 0 radical (unpaired) electrons. The summed E-state index contributed by atoms with van der Waals surface area (Å²) in [5.74, 6) is 3.96. The first-order chi connectivity index (χ1) is 15.6. The van der Waals surface area contributed by atoms with Crippen LogP contribution < -0.4 is 10.6 Å². The Kier molecular flexibility index (Phi) is 5.12. The van der Waals surface area contributed by atoms with Crippen molar-refractivity contribution in [2.24, 2.45) is 35.0 Å². The van der Waals surface area contributed by atoms with E-state index in [1.807, 2.05) is 24.3 Å². The maximum atomic E-state index is 13.3. The Morgan fingerprint density at radius 3 is 2.56 bits per heavy atom. The van der Waals surface area contributed by atoms with Crippen LogP contribution in [0.25, 0.3) is 0 Å². The van der Waals surface area contributed by atoms with Crippen molar-refractivity contribution < 1.29 is 9.53 Å². The topological polar surface area (TPSA) is 74.2 Å². The molecule has 5 saturated carbocycles. The standard InChI is InChI=1S/C26H32BrN3O2/c27-18-7-4-8-19(12-18)29-25(32-14-15-5-2-1-3-6-15)20(13-28)24(31)30-23-21-10-16-9-17-11-22(23)26(16,17)21/h4,7-8,12-13,15-17,21-23,28-29H,1-3,5-6,9-11,14H2,(H,30,31)/b25-20-,28-13?. The van der Waals surface area contributed by atoms with E-state index in [9.17, 15) is 4.79 Å². The van der Waals surface area contributed by atoms with E-state index in [0.29, 0.717) is 41.2 Å². The number of carbonyl (C=O) groups is 1. The number of benzene rings is 1. The van der Waals surface area contributed by atoms with Crippen LogP contribution in [0.1, 0.15) is 51.4 Å². The third kappa shape index (κ3) is 3.01. The van der Waals surface area contributed by atoms with Crippen LogP contribution in [0.3, 0.4) is 0 Å². The fraction of sp³-hybridized carbons (Fsp3) is 0.615. The lowest BCUT2D eigenvalue weighted by Gasteiger charge is -2.88. The van der Waals surface area contributed by atoms with Crippen LogP contribution in [0.2, 0.25) is 0 Å². The molecule has 1 aromatic carbocycles. The van der Waals surface area contributed by atoms with Gasteiger partial charge in [-0.2, -0.15) is 0 Å². The zero-order valence-corrected chi connectivity index (χ0v) is 20.0. The molecule has 1 amide bonds. The van der Waals surface area contributed by atoms with Crippen molar-refractivity contribution in [3.05, 3.63) is 40.2 Å². The van der Waals surface area contributed by atoms with E-state index in [4.69, 9.17) is 10.1 Å². The summed E-state index contributed by atoms with van der Waals surface area (Å²) in [6.45, 7) is 0.585. The quantitative estimate of drug-likeness (QED) is 0.253. The monoisotopic (exact) mass is 497 g/mol. The zero-order valence-electron chi connectivity index (χ0n) is 18.4. The average molecular weight is 498 g/mol. The highest BCUT2D eigenvalue weighted by Crippen LogP contribution is 2.87. The number of halogens is 1. The number of rotatable bonds is 8. The van der Waals surface area contributed by atoms with Crippen LogP contribution in [0.15, 0.2) is 40.2 Å². The van der Waals surface area contributed by atoms with Gasteiger partial charge in [-0.1, -0.05) is 41.3 Å². The summed E-state index contributed by atoms with van der Waals surface area (Å²) >= 11 is 3.51. The van der Waals surface area contributed by atoms with E-state index < -0.39 is 0 Å². The molecule has 5 aliphatic rings. The van der Waals surface area contributed by atoms with E-state index >= 15 is 0 Å². The minimum Gasteiger partial charge on any atom is -0.478 e. The molecule has 0 heterocycles. The molecule has 0 bridgehead atoms. The largest absolute Gasteiger partial charge is 0.478 e. The highest BCUT2D eigenvalue weighted by Gasteiger charge is 2.84. The molecule has 4 atom stereocenters. The van der Waals surface area contributed by atoms with Gasteiger partial charge >= 0.3 is 0 Å².